The maximum Gasteiger partial charge on any atom is 0.207 e. The van der Waals surface area contributed by atoms with E-state index in [0.717, 1.165) is 0 Å². The van der Waals surface area contributed by atoms with E-state index in [1.165, 1.54) is 11.1 Å². The molecule has 15 heavy (non-hydrogen) atoms. The molecule has 0 saturated heterocycles. The molecule has 2 heteroatoms. The Morgan fingerprint density at radius 2 is 1.87 bits per heavy atom. The smallest absolute Gasteiger partial charge is 0.207 e. The summed E-state index contributed by atoms with van der Waals surface area (Å²) in [6, 6.07) is 10.1. The van der Waals surface area contributed by atoms with Crippen LogP contribution in [0.2, 0.25) is 0 Å². The number of carbonyl (C=O) groups is 1. The number of carbonyl (C=O) groups excluding carboxylic acids is 1. The Morgan fingerprint density at radius 1 is 1.27 bits per heavy atom. The predicted octanol–water partition coefficient (Wildman–Crippen LogP) is 2.86. The molecule has 0 spiro atoms. The summed E-state index contributed by atoms with van der Waals surface area (Å²) in [6.45, 7) is 6.62. The van der Waals surface area contributed by atoms with Gasteiger partial charge in [0.2, 0.25) is 6.41 Å². The minimum atomic E-state index is 0.588. The van der Waals surface area contributed by atoms with Gasteiger partial charge in [-0.25, -0.2) is 0 Å². The fraction of sp³-hybridized carbons (Fsp3) is 0.308. The molecule has 0 atom stereocenters. The van der Waals surface area contributed by atoms with Crippen molar-refractivity contribution in [1.82, 2.24) is 5.32 Å². The minimum Gasteiger partial charge on any atom is -0.355 e. The molecule has 0 radical (unpaired) electrons. The van der Waals surface area contributed by atoms with Crippen molar-refractivity contribution in [2.75, 3.05) is 6.54 Å². The number of hydrogen-bond acceptors (Lipinski definition) is 1. The van der Waals surface area contributed by atoms with Crippen LogP contribution >= 0.6 is 0 Å². The van der Waals surface area contributed by atoms with Crippen molar-refractivity contribution in [3.05, 3.63) is 42.0 Å². The summed E-state index contributed by atoms with van der Waals surface area (Å²) in [7, 11) is 0. The molecule has 0 saturated carbocycles. The van der Waals surface area contributed by atoms with Gasteiger partial charge in [-0.1, -0.05) is 50.3 Å². The molecule has 0 heterocycles. The molecule has 2 nitrogen and oxygen atoms in total. The van der Waals surface area contributed by atoms with Crippen molar-refractivity contribution < 1.29 is 4.79 Å². The van der Waals surface area contributed by atoms with Gasteiger partial charge in [-0.05, 0) is 18.1 Å². The van der Waals surface area contributed by atoms with Gasteiger partial charge in [0.15, 0.2) is 0 Å². The highest BCUT2D eigenvalue weighted by atomic mass is 16.1. The molecule has 1 N–H and O–H groups in total. The number of allylic oxidation sites excluding steroid dienone is 1. The number of benzene rings is 1. The van der Waals surface area contributed by atoms with Gasteiger partial charge in [0, 0.05) is 6.54 Å². The van der Waals surface area contributed by atoms with Crippen LogP contribution in [0.5, 0.6) is 0 Å². The topological polar surface area (TPSA) is 29.1 Å². The van der Waals surface area contributed by atoms with E-state index >= 15 is 0 Å². The highest BCUT2D eigenvalue weighted by molar-refractivity contribution is 5.64. The second-order valence-electron chi connectivity index (χ2n) is 2.78. The van der Waals surface area contributed by atoms with Crippen LogP contribution < -0.4 is 5.32 Å². The lowest BCUT2D eigenvalue weighted by Gasteiger charge is -2.00. The van der Waals surface area contributed by atoms with Crippen molar-refractivity contribution in [2.45, 2.75) is 20.8 Å². The number of nitrogens with one attached hydrogen (secondary N) is 1. The van der Waals surface area contributed by atoms with Crippen LogP contribution in [0.15, 0.2) is 36.4 Å². The number of rotatable bonds is 4. The van der Waals surface area contributed by atoms with E-state index in [0.29, 0.717) is 13.0 Å². The molecule has 1 aromatic rings. The molecular formula is C13H19NO. The average molecular weight is 205 g/mol. The van der Waals surface area contributed by atoms with E-state index in [2.05, 4.69) is 5.32 Å². The maximum absolute atomic E-state index is 9.98. The lowest BCUT2D eigenvalue weighted by molar-refractivity contribution is -0.109. The van der Waals surface area contributed by atoms with E-state index in [1.807, 2.05) is 57.2 Å². The Morgan fingerprint density at radius 3 is 2.40 bits per heavy atom. The highest BCUT2D eigenvalue weighted by Gasteiger charge is 1.91. The Hall–Kier alpha value is -1.57. The minimum absolute atomic E-state index is 0.588. The third-order valence-electron chi connectivity index (χ3n) is 1.84. The zero-order chi connectivity index (χ0) is 11.5. The lowest BCUT2D eigenvalue weighted by atomic mass is 10.1. The normalized spacial score (nSPS) is 9.93. The molecule has 0 aliphatic rings. The molecule has 0 fully saturated rings. The second kappa shape index (κ2) is 9.00. The third-order valence-corrected chi connectivity index (χ3v) is 1.84. The summed E-state index contributed by atoms with van der Waals surface area (Å²) in [5, 5.41) is 2.59. The van der Waals surface area contributed by atoms with Gasteiger partial charge < -0.3 is 5.32 Å². The van der Waals surface area contributed by atoms with E-state index in [9.17, 15) is 4.79 Å². The first-order chi connectivity index (χ1) is 7.34. The van der Waals surface area contributed by atoms with Gasteiger partial charge in [-0.3, -0.25) is 4.79 Å². The van der Waals surface area contributed by atoms with E-state index in [4.69, 9.17) is 0 Å². The van der Waals surface area contributed by atoms with Crippen LogP contribution in [0.1, 0.15) is 26.3 Å². The lowest BCUT2D eigenvalue weighted by Crippen LogP contribution is -2.09. The zero-order valence-corrected chi connectivity index (χ0v) is 9.66. The molecule has 1 amide bonds. The van der Waals surface area contributed by atoms with Gasteiger partial charge in [0.1, 0.15) is 0 Å². The van der Waals surface area contributed by atoms with Crippen LogP contribution in [-0.2, 0) is 4.79 Å². The third kappa shape index (κ3) is 5.68. The summed E-state index contributed by atoms with van der Waals surface area (Å²) < 4.78 is 0. The van der Waals surface area contributed by atoms with Gasteiger partial charge in [-0.15, -0.1) is 0 Å². The van der Waals surface area contributed by atoms with Gasteiger partial charge in [0.25, 0.3) is 0 Å². The summed E-state index contributed by atoms with van der Waals surface area (Å²) >= 11 is 0. The SMILES string of the molecule is C/C(=C/CNC=O)c1ccccc1.CC. The second-order valence-corrected chi connectivity index (χ2v) is 2.78. The summed E-state index contributed by atoms with van der Waals surface area (Å²) in [5.41, 5.74) is 2.37. The monoisotopic (exact) mass is 205 g/mol. The fourth-order valence-electron chi connectivity index (χ4n) is 1.08. The molecule has 82 valence electrons. The zero-order valence-electron chi connectivity index (χ0n) is 9.66. The Kier molecular flexibility index (Phi) is 8.06. The summed E-state index contributed by atoms with van der Waals surface area (Å²) in [5.74, 6) is 0. The van der Waals surface area contributed by atoms with Gasteiger partial charge >= 0.3 is 0 Å². The van der Waals surface area contributed by atoms with E-state index in [1.54, 1.807) is 0 Å². The Labute approximate surface area is 92.0 Å². The predicted molar refractivity (Wildman–Crippen MR) is 65.5 cm³/mol. The van der Waals surface area contributed by atoms with Gasteiger partial charge in [0.05, 0.1) is 0 Å². The van der Waals surface area contributed by atoms with Crippen LogP contribution in [0.25, 0.3) is 5.57 Å². The molecule has 0 aliphatic heterocycles. The maximum atomic E-state index is 9.98. The van der Waals surface area contributed by atoms with Crippen molar-refractivity contribution in [2.24, 2.45) is 0 Å². The Balaban J connectivity index is 0.000000921. The first-order valence-electron chi connectivity index (χ1n) is 5.24. The van der Waals surface area contributed by atoms with Gasteiger partial charge in [-0.2, -0.15) is 0 Å². The van der Waals surface area contributed by atoms with Crippen LogP contribution in [0, 0.1) is 0 Å². The molecule has 0 aromatic heterocycles. The molecule has 1 rings (SSSR count). The fourth-order valence-corrected chi connectivity index (χ4v) is 1.08. The quantitative estimate of drug-likeness (QED) is 0.594. The van der Waals surface area contributed by atoms with E-state index in [-0.39, 0.29) is 0 Å². The first kappa shape index (κ1) is 13.4. The van der Waals surface area contributed by atoms with Crippen LogP contribution in [0.4, 0.5) is 0 Å². The number of amides is 1. The molecule has 0 aliphatic carbocycles. The highest BCUT2D eigenvalue weighted by Crippen LogP contribution is 2.11. The standard InChI is InChI=1S/C11H13NO.C2H6/c1-10(7-8-12-9-13)11-5-3-2-4-6-11;1-2/h2-7,9H,8H2,1H3,(H,12,13);1-2H3/b10-7-;. The summed E-state index contributed by atoms with van der Waals surface area (Å²) in [6.07, 6.45) is 2.69. The number of hydrogen-bond donors (Lipinski definition) is 1. The van der Waals surface area contributed by atoms with Crippen LogP contribution in [0.3, 0.4) is 0 Å². The first-order valence-corrected chi connectivity index (χ1v) is 5.24. The average Bonchev–Trinajstić information content (AvgIpc) is 2.33. The van der Waals surface area contributed by atoms with Crippen molar-refractivity contribution >= 4 is 12.0 Å². The molecule has 0 bridgehead atoms. The van der Waals surface area contributed by atoms with Crippen molar-refractivity contribution in [3.8, 4) is 0 Å². The summed E-state index contributed by atoms with van der Waals surface area (Å²) in [4.78, 5) is 9.98. The van der Waals surface area contributed by atoms with Crippen LogP contribution in [-0.4, -0.2) is 13.0 Å². The molecule has 1 aromatic carbocycles. The Bertz CT molecular complexity index is 291. The largest absolute Gasteiger partial charge is 0.355 e. The van der Waals surface area contributed by atoms with E-state index < -0.39 is 0 Å². The van der Waals surface area contributed by atoms with Crippen molar-refractivity contribution in [1.29, 1.82) is 0 Å². The molecule has 0 unspecified atom stereocenters. The molecular weight excluding hydrogens is 186 g/mol. The van der Waals surface area contributed by atoms with Crippen molar-refractivity contribution in [3.63, 3.8) is 0 Å².